The zero-order valence-corrected chi connectivity index (χ0v) is 24.5. The minimum absolute atomic E-state index is 0.104. The second-order valence-corrected chi connectivity index (χ2v) is 10.8. The zero-order chi connectivity index (χ0) is 32.2. The number of hydrogen-bond acceptors (Lipinski definition) is 10. The van der Waals surface area contributed by atoms with Crippen molar-refractivity contribution >= 4 is 35.5 Å². The molecule has 0 aliphatic carbocycles. The first kappa shape index (κ1) is 37.7. The molecule has 0 saturated carbocycles. The van der Waals surface area contributed by atoms with Crippen molar-refractivity contribution in [1.29, 1.82) is 0 Å². The number of carboxylic acid groups (broad SMARTS) is 1. The summed E-state index contributed by atoms with van der Waals surface area (Å²) in [6, 6.07) is -6.87. The third-order valence-electron chi connectivity index (χ3n) is 5.96. The van der Waals surface area contributed by atoms with E-state index in [1.54, 1.807) is 27.7 Å². The highest BCUT2D eigenvalue weighted by atomic mass is 16.4. The number of rotatable bonds is 17. The van der Waals surface area contributed by atoms with Crippen molar-refractivity contribution in [3.05, 3.63) is 0 Å². The Morgan fingerprint density at radius 2 is 1.10 bits per heavy atom. The third-order valence-corrected chi connectivity index (χ3v) is 5.96. The number of aliphatic hydroxyl groups excluding tert-OH is 3. The number of amides is 5. The number of aliphatic hydroxyl groups is 3. The van der Waals surface area contributed by atoms with Crippen LogP contribution in [0.25, 0.3) is 0 Å². The molecule has 16 heteroatoms. The van der Waals surface area contributed by atoms with Gasteiger partial charge in [-0.15, -0.1) is 0 Å². The van der Waals surface area contributed by atoms with Gasteiger partial charge in [-0.3, -0.25) is 24.0 Å². The van der Waals surface area contributed by atoms with Gasteiger partial charge in [-0.05, 0) is 39.0 Å². The highest BCUT2D eigenvalue weighted by Gasteiger charge is 2.34. The molecule has 0 aromatic rings. The molecule has 236 valence electrons. The summed E-state index contributed by atoms with van der Waals surface area (Å²) in [5, 5.41) is 50.3. The SMILES string of the molecule is CC(C)C[C@H](NC(=O)CNC(=O)[C@@H](NC(=O)[C@@H](N)[C@@H](C)O)[C@@H](C)O)C(=O)N[C@H](C(=O)N[C@H](C(=O)O)C(C)C)[C@@H](C)O. The average molecular weight is 591 g/mol. The Hall–Kier alpha value is -3.34. The molecule has 0 aromatic heterocycles. The Morgan fingerprint density at radius 1 is 0.634 bits per heavy atom. The van der Waals surface area contributed by atoms with E-state index < -0.39 is 96.5 Å². The Balaban J connectivity index is 5.46. The molecule has 0 saturated heterocycles. The monoisotopic (exact) mass is 590 g/mol. The van der Waals surface area contributed by atoms with Crippen LogP contribution in [-0.4, -0.2) is 111 Å². The van der Waals surface area contributed by atoms with Crippen molar-refractivity contribution in [3.8, 4) is 0 Å². The maximum atomic E-state index is 13.0. The topological polar surface area (TPSA) is 270 Å². The molecular weight excluding hydrogens is 544 g/mol. The van der Waals surface area contributed by atoms with Crippen LogP contribution in [0.2, 0.25) is 0 Å². The van der Waals surface area contributed by atoms with Gasteiger partial charge in [0.2, 0.25) is 29.5 Å². The molecule has 0 rings (SSSR count). The van der Waals surface area contributed by atoms with Crippen LogP contribution in [-0.2, 0) is 28.8 Å². The fourth-order valence-corrected chi connectivity index (χ4v) is 3.52. The van der Waals surface area contributed by atoms with E-state index >= 15 is 0 Å². The molecule has 41 heavy (non-hydrogen) atoms. The summed E-state index contributed by atoms with van der Waals surface area (Å²) >= 11 is 0. The Kier molecular flexibility index (Phi) is 16.0. The maximum absolute atomic E-state index is 13.0. The van der Waals surface area contributed by atoms with Crippen LogP contribution in [0.3, 0.4) is 0 Å². The van der Waals surface area contributed by atoms with Gasteiger partial charge < -0.3 is 52.7 Å². The van der Waals surface area contributed by atoms with E-state index in [2.05, 4.69) is 26.6 Å². The number of carbonyl (C=O) groups excluding carboxylic acids is 5. The summed E-state index contributed by atoms with van der Waals surface area (Å²) in [7, 11) is 0. The van der Waals surface area contributed by atoms with Gasteiger partial charge in [0, 0.05) is 0 Å². The summed E-state index contributed by atoms with van der Waals surface area (Å²) < 4.78 is 0. The fourth-order valence-electron chi connectivity index (χ4n) is 3.52. The molecule has 0 bridgehead atoms. The van der Waals surface area contributed by atoms with E-state index in [4.69, 9.17) is 5.73 Å². The van der Waals surface area contributed by atoms with E-state index in [9.17, 15) is 49.2 Å². The third kappa shape index (κ3) is 13.2. The molecule has 0 spiro atoms. The molecule has 11 N–H and O–H groups in total. The normalized spacial score (nSPS) is 17.2. The molecule has 0 heterocycles. The van der Waals surface area contributed by atoms with Crippen LogP contribution >= 0.6 is 0 Å². The van der Waals surface area contributed by atoms with Crippen LogP contribution in [0.5, 0.6) is 0 Å². The van der Waals surface area contributed by atoms with Gasteiger partial charge in [0.1, 0.15) is 30.2 Å². The lowest BCUT2D eigenvalue weighted by molar-refractivity contribution is -0.144. The van der Waals surface area contributed by atoms with Gasteiger partial charge in [-0.2, -0.15) is 0 Å². The summed E-state index contributed by atoms with van der Waals surface area (Å²) in [5.41, 5.74) is 5.53. The number of carboxylic acids is 1. The van der Waals surface area contributed by atoms with Gasteiger partial charge in [0.25, 0.3) is 0 Å². The molecule has 0 unspecified atom stereocenters. The predicted octanol–water partition coefficient (Wildman–Crippen LogP) is -3.70. The fraction of sp³-hybridized carbons (Fsp3) is 0.760. The minimum Gasteiger partial charge on any atom is -0.480 e. The van der Waals surface area contributed by atoms with Crippen LogP contribution in [0, 0.1) is 11.8 Å². The van der Waals surface area contributed by atoms with E-state index in [1.807, 2.05) is 0 Å². The van der Waals surface area contributed by atoms with Crippen molar-refractivity contribution < 1.29 is 49.2 Å². The predicted molar refractivity (Wildman–Crippen MR) is 146 cm³/mol. The first-order valence-corrected chi connectivity index (χ1v) is 13.3. The number of nitrogens with one attached hydrogen (secondary N) is 5. The van der Waals surface area contributed by atoms with Crippen LogP contribution in [0.15, 0.2) is 0 Å². The van der Waals surface area contributed by atoms with Crippen LogP contribution in [0.1, 0.15) is 54.9 Å². The van der Waals surface area contributed by atoms with Gasteiger partial charge in [0.05, 0.1) is 24.9 Å². The molecule has 0 aromatic carbocycles. The minimum atomic E-state index is -1.53. The van der Waals surface area contributed by atoms with Gasteiger partial charge in [-0.1, -0.05) is 27.7 Å². The van der Waals surface area contributed by atoms with Crippen molar-refractivity contribution in [3.63, 3.8) is 0 Å². The second kappa shape index (κ2) is 17.5. The smallest absolute Gasteiger partial charge is 0.326 e. The van der Waals surface area contributed by atoms with Crippen molar-refractivity contribution in [2.24, 2.45) is 17.6 Å². The number of nitrogens with two attached hydrogens (primary N) is 1. The molecule has 0 radical (unpaired) electrons. The second-order valence-electron chi connectivity index (χ2n) is 10.8. The standard InChI is InChI=1S/C25H46N6O10/c1-10(2)8-15(21(36)30-20(14(7)34)24(39)29-18(11(3)4)25(40)41)28-16(35)9-27-23(38)19(13(6)33)31-22(37)17(26)12(5)32/h10-15,17-20,32-34H,8-9,26H2,1-7H3,(H,27,38)(H,28,35)(H,29,39)(H,30,36)(H,31,37)(H,40,41)/t12-,13-,14-,15+,17+,18+,19+,20+/m1/s1. The van der Waals surface area contributed by atoms with Crippen LogP contribution in [0.4, 0.5) is 0 Å². The molecule has 8 atom stereocenters. The molecule has 5 amide bonds. The number of carbonyl (C=O) groups is 6. The highest BCUT2D eigenvalue weighted by Crippen LogP contribution is 2.08. The van der Waals surface area contributed by atoms with E-state index in [1.165, 1.54) is 20.8 Å². The maximum Gasteiger partial charge on any atom is 0.326 e. The molecular formula is C25H46N6O10. The summed E-state index contributed by atoms with van der Waals surface area (Å²) in [5.74, 6) is -6.33. The lowest BCUT2D eigenvalue weighted by atomic mass is 10.0. The first-order chi connectivity index (χ1) is 18.8. The highest BCUT2D eigenvalue weighted by molar-refractivity contribution is 5.95. The molecule has 0 fully saturated rings. The zero-order valence-electron chi connectivity index (χ0n) is 24.5. The Morgan fingerprint density at radius 3 is 1.51 bits per heavy atom. The van der Waals surface area contributed by atoms with E-state index in [0.717, 1.165) is 0 Å². The average Bonchev–Trinajstić information content (AvgIpc) is 2.84. The lowest BCUT2D eigenvalue weighted by Gasteiger charge is -2.27. The van der Waals surface area contributed by atoms with Crippen LogP contribution < -0.4 is 32.3 Å². The Bertz CT molecular complexity index is 925. The first-order valence-electron chi connectivity index (χ1n) is 13.3. The molecule has 0 aliphatic heterocycles. The van der Waals surface area contributed by atoms with E-state index in [0.29, 0.717) is 0 Å². The van der Waals surface area contributed by atoms with Crippen molar-refractivity contribution in [1.82, 2.24) is 26.6 Å². The van der Waals surface area contributed by atoms with Gasteiger partial charge >= 0.3 is 5.97 Å². The van der Waals surface area contributed by atoms with Crippen molar-refractivity contribution in [2.45, 2.75) is 103 Å². The summed E-state index contributed by atoms with van der Waals surface area (Å²) in [6.07, 6.45) is -3.92. The Labute approximate surface area is 239 Å². The number of aliphatic carboxylic acids is 1. The molecule has 0 aliphatic rings. The quantitative estimate of drug-likeness (QED) is 0.0787. The van der Waals surface area contributed by atoms with Gasteiger partial charge in [0.15, 0.2) is 0 Å². The largest absolute Gasteiger partial charge is 0.480 e. The van der Waals surface area contributed by atoms with Gasteiger partial charge in [-0.25, -0.2) is 4.79 Å². The van der Waals surface area contributed by atoms with E-state index in [-0.39, 0.29) is 12.3 Å². The summed E-state index contributed by atoms with van der Waals surface area (Å²) in [6.45, 7) is 9.74. The van der Waals surface area contributed by atoms with Crippen molar-refractivity contribution in [2.75, 3.05) is 6.54 Å². The lowest BCUT2D eigenvalue weighted by Crippen LogP contribution is -2.60. The number of hydrogen-bond donors (Lipinski definition) is 10. The summed E-state index contributed by atoms with van der Waals surface area (Å²) in [4.78, 5) is 74.4. The molecule has 16 nitrogen and oxygen atoms in total.